The van der Waals surface area contributed by atoms with Crippen molar-refractivity contribution in [3.05, 3.63) is 48.3 Å². The minimum absolute atomic E-state index is 0.172. The Morgan fingerprint density at radius 2 is 2.00 bits per heavy atom. The summed E-state index contributed by atoms with van der Waals surface area (Å²) in [5.41, 5.74) is 1.22. The van der Waals surface area contributed by atoms with Crippen molar-refractivity contribution in [2.24, 2.45) is 0 Å². The van der Waals surface area contributed by atoms with Crippen LogP contribution in [0.25, 0.3) is 0 Å². The summed E-state index contributed by atoms with van der Waals surface area (Å²) in [4.78, 5) is 3.95. The number of rotatable bonds is 7. The Labute approximate surface area is 113 Å². The summed E-state index contributed by atoms with van der Waals surface area (Å²) in [6.07, 6.45) is 7.81. The van der Waals surface area contributed by atoms with Crippen molar-refractivity contribution in [1.29, 1.82) is 0 Å². The highest BCUT2D eigenvalue weighted by Gasteiger charge is 2.11. The Hall–Kier alpha value is -1.71. The standard InChI is InChI=1S/C15H20FN3/c1-2-3-4-13(9-10-19-12-17-11-18-19)14-5-7-15(16)8-6-14/h5-8,11-13H,2-4,9-10H2,1H3/t13-/m0/s1. The first kappa shape index (κ1) is 13.7. The molecule has 0 N–H and O–H groups in total. The molecule has 0 spiro atoms. The normalized spacial score (nSPS) is 12.5. The largest absolute Gasteiger partial charge is 0.253 e. The average Bonchev–Trinajstić information content (AvgIpc) is 2.93. The molecule has 1 atom stereocenters. The van der Waals surface area contributed by atoms with Crippen molar-refractivity contribution in [3.63, 3.8) is 0 Å². The lowest BCUT2D eigenvalue weighted by Gasteiger charge is -2.17. The Bertz CT molecular complexity index is 465. The zero-order valence-electron chi connectivity index (χ0n) is 11.3. The molecule has 1 aromatic carbocycles. The third-order valence-electron chi connectivity index (χ3n) is 3.42. The van der Waals surface area contributed by atoms with Crippen LogP contribution in [0, 0.1) is 5.82 Å². The first-order valence-electron chi connectivity index (χ1n) is 6.87. The molecule has 0 amide bonds. The fourth-order valence-electron chi connectivity index (χ4n) is 2.30. The Kier molecular flexibility index (Phi) is 5.07. The molecule has 4 heteroatoms. The highest BCUT2D eigenvalue weighted by atomic mass is 19.1. The van der Waals surface area contributed by atoms with E-state index in [9.17, 15) is 4.39 Å². The van der Waals surface area contributed by atoms with Gasteiger partial charge in [-0.3, -0.25) is 4.68 Å². The second-order valence-corrected chi connectivity index (χ2v) is 4.84. The number of unbranched alkanes of at least 4 members (excludes halogenated alkanes) is 1. The lowest BCUT2D eigenvalue weighted by atomic mass is 9.90. The van der Waals surface area contributed by atoms with Crippen LogP contribution in [0.15, 0.2) is 36.9 Å². The third kappa shape index (κ3) is 4.16. The van der Waals surface area contributed by atoms with Crippen LogP contribution in [0.5, 0.6) is 0 Å². The van der Waals surface area contributed by atoms with Gasteiger partial charge in [0, 0.05) is 6.54 Å². The maximum absolute atomic E-state index is 13.0. The molecule has 0 fully saturated rings. The average molecular weight is 261 g/mol. The highest BCUT2D eigenvalue weighted by Crippen LogP contribution is 2.26. The molecule has 0 saturated carbocycles. The Balaban J connectivity index is 2.00. The van der Waals surface area contributed by atoms with Gasteiger partial charge in [-0.15, -0.1) is 0 Å². The number of halogens is 1. The van der Waals surface area contributed by atoms with Crippen LogP contribution in [-0.4, -0.2) is 14.8 Å². The maximum atomic E-state index is 13.0. The van der Waals surface area contributed by atoms with E-state index < -0.39 is 0 Å². The Morgan fingerprint density at radius 1 is 1.21 bits per heavy atom. The molecule has 3 nitrogen and oxygen atoms in total. The lowest BCUT2D eigenvalue weighted by Crippen LogP contribution is -2.06. The first-order valence-corrected chi connectivity index (χ1v) is 6.87. The van der Waals surface area contributed by atoms with Gasteiger partial charge < -0.3 is 0 Å². The van der Waals surface area contributed by atoms with Gasteiger partial charge in [-0.25, -0.2) is 9.37 Å². The van der Waals surface area contributed by atoms with Gasteiger partial charge in [-0.05, 0) is 36.5 Å². The fraction of sp³-hybridized carbons (Fsp3) is 0.467. The molecule has 0 aliphatic carbocycles. The van der Waals surface area contributed by atoms with E-state index in [1.807, 2.05) is 16.8 Å². The van der Waals surface area contributed by atoms with E-state index in [4.69, 9.17) is 0 Å². The van der Waals surface area contributed by atoms with Crippen LogP contribution in [0.2, 0.25) is 0 Å². The van der Waals surface area contributed by atoms with Crippen molar-refractivity contribution in [2.75, 3.05) is 0 Å². The molecule has 0 aliphatic rings. The van der Waals surface area contributed by atoms with Crippen molar-refractivity contribution >= 4 is 0 Å². The topological polar surface area (TPSA) is 30.7 Å². The van der Waals surface area contributed by atoms with Gasteiger partial charge >= 0.3 is 0 Å². The van der Waals surface area contributed by atoms with Crippen LogP contribution < -0.4 is 0 Å². The summed E-state index contributed by atoms with van der Waals surface area (Å²) in [7, 11) is 0. The van der Waals surface area contributed by atoms with Gasteiger partial charge in [0.25, 0.3) is 0 Å². The van der Waals surface area contributed by atoms with E-state index in [1.165, 1.54) is 18.4 Å². The van der Waals surface area contributed by atoms with E-state index in [1.54, 1.807) is 24.8 Å². The smallest absolute Gasteiger partial charge is 0.137 e. The van der Waals surface area contributed by atoms with Crippen LogP contribution in [-0.2, 0) is 6.54 Å². The van der Waals surface area contributed by atoms with E-state index in [-0.39, 0.29) is 5.82 Å². The number of hydrogen-bond donors (Lipinski definition) is 0. The zero-order chi connectivity index (χ0) is 13.5. The summed E-state index contributed by atoms with van der Waals surface area (Å²) in [5, 5.41) is 4.12. The summed E-state index contributed by atoms with van der Waals surface area (Å²) in [6.45, 7) is 3.05. The summed E-state index contributed by atoms with van der Waals surface area (Å²) in [6, 6.07) is 6.89. The third-order valence-corrected chi connectivity index (χ3v) is 3.42. The first-order chi connectivity index (χ1) is 9.29. The fourth-order valence-corrected chi connectivity index (χ4v) is 2.30. The molecule has 0 radical (unpaired) electrons. The molecule has 0 saturated heterocycles. The molecule has 1 aromatic heterocycles. The van der Waals surface area contributed by atoms with Gasteiger partial charge in [0.15, 0.2) is 0 Å². The lowest BCUT2D eigenvalue weighted by molar-refractivity contribution is 0.478. The van der Waals surface area contributed by atoms with Crippen LogP contribution in [0.3, 0.4) is 0 Å². The van der Waals surface area contributed by atoms with Gasteiger partial charge in [-0.2, -0.15) is 5.10 Å². The van der Waals surface area contributed by atoms with E-state index >= 15 is 0 Å². The van der Waals surface area contributed by atoms with Gasteiger partial charge in [-0.1, -0.05) is 31.9 Å². The van der Waals surface area contributed by atoms with E-state index in [0.717, 1.165) is 19.4 Å². The molecular weight excluding hydrogens is 241 g/mol. The number of benzene rings is 1. The number of aryl methyl sites for hydroxylation is 1. The molecule has 2 rings (SSSR count). The van der Waals surface area contributed by atoms with Crippen LogP contribution in [0.1, 0.15) is 44.1 Å². The second-order valence-electron chi connectivity index (χ2n) is 4.84. The number of aromatic nitrogens is 3. The van der Waals surface area contributed by atoms with Gasteiger partial charge in [0.05, 0.1) is 0 Å². The predicted octanol–water partition coefficient (Wildman–Crippen LogP) is 3.78. The van der Waals surface area contributed by atoms with Crippen LogP contribution >= 0.6 is 0 Å². The predicted molar refractivity (Wildman–Crippen MR) is 73.3 cm³/mol. The van der Waals surface area contributed by atoms with Crippen molar-refractivity contribution in [3.8, 4) is 0 Å². The van der Waals surface area contributed by atoms with Crippen LogP contribution in [0.4, 0.5) is 4.39 Å². The number of hydrogen-bond acceptors (Lipinski definition) is 2. The van der Waals surface area contributed by atoms with Crippen molar-refractivity contribution in [1.82, 2.24) is 14.8 Å². The highest BCUT2D eigenvalue weighted by molar-refractivity contribution is 5.20. The van der Waals surface area contributed by atoms with Crippen molar-refractivity contribution in [2.45, 2.75) is 45.1 Å². The SMILES string of the molecule is CCCC[C@@H](CCn1cncn1)c1ccc(F)cc1. The summed E-state index contributed by atoms with van der Waals surface area (Å²) < 4.78 is 14.8. The van der Waals surface area contributed by atoms with E-state index in [0.29, 0.717) is 5.92 Å². The van der Waals surface area contributed by atoms with E-state index in [2.05, 4.69) is 17.0 Å². The zero-order valence-corrected chi connectivity index (χ0v) is 11.3. The molecule has 0 unspecified atom stereocenters. The molecular formula is C15H20FN3. The maximum Gasteiger partial charge on any atom is 0.137 e. The molecule has 2 aromatic rings. The monoisotopic (exact) mass is 261 g/mol. The second kappa shape index (κ2) is 7.02. The molecule has 1 heterocycles. The molecule has 0 aliphatic heterocycles. The quantitative estimate of drug-likeness (QED) is 0.759. The Morgan fingerprint density at radius 3 is 2.63 bits per heavy atom. The number of nitrogens with zero attached hydrogens (tertiary/aromatic N) is 3. The molecule has 19 heavy (non-hydrogen) atoms. The van der Waals surface area contributed by atoms with Gasteiger partial charge in [0.1, 0.15) is 18.5 Å². The summed E-state index contributed by atoms with van der Waals surface area (Å²) >= 11 is 0. The minimum Gasteiger partial charge on any atom is -0.253 e. The van der Waals surface area contributed by atoms with Gasteiger partial charge in [0.2, 0.25) is 0 Å². The van der Waals surface area contributed by atoms with Crippen molar-refractivity contribution < 1.29 is 4.39 Å². The summed E-state index contributed by atoms with van der Waals surface area (Å²) in [5.74, 6) is 0.291. The molecule has 0 bridgehead atoms. The molecule has 102 valence electrons. The minimum atomic E-state index is -0.172.